The Bertz CT molecular complexity index is 823. The topological polar surface area (TPSA) is 82.5 Å². The molecule has 1 fully saturated rings. The van der Waals surface area contributed by atoms with E-state index in [1.165, 1.54) is 0 Å². The van der Waals surface area contributed by atoms with E-state index in [1.54, 1.807) is 16.8 Å². The lowest BCUT2D eigenvalue weighted by atomic mass is 9.94. The quantitative estimate of drug-likeness (QED) is 0.703. The Morgan fingerprint density at radius 3 is 2.20 bits per heavy atom. The molecule has 3 rings (SSSR count). The molecule has 2 aliphatic rings. The molecule has 0 spiro atoms. The first-order valence-corrected chi connectivity index (χ1v) is 10.4. The molecular weight excluding hydrogens is 384 g/mol. The van der Waals surface area contributed by atoms with Gasteiger partial charge in [-0.1, -0.05) is 39.0 Å². The zero-order chi connectivity index (χ0) is 21.9. The van der Waals surface area contributed by atoms with Crippen LogP contribution in [0.4, 0.5) is 5.69 Å². The molecule has 1 atom stereocenters. The van der Waals surface area contributed by atoms with Crippen molar-refractivity contribution < 1.29 is 19.1 Å². The highest BCUT2D eigenvalue weighted by Gasteiger charge is 2.40. The number of esters is 1. The van der Waals surface area contributed by atoms with Gasteiger partial charge in [-0.05, 0) is 19.1 Å². The van der Waals surface area contributed by atoms with Crippen LogP contribution in [0.3, 0.4) is 0 Å². The van der Waals surface area contributed by atoms with E-state index in [4.69, 9.17) is 4.74 Å². The van der Waals surface area contributed by atoms with Crippen LogP contribution in [0.5, 0.6) is 0 Å². The van der Waals surface area contributed by atoms with E-state index in [9.17, 15) is 14.4 Å². The van der Waals surface area contributed by atoms with Crippen molar-refractivity contribution in [1.29, 1.82) is 0 Å². The van der Waals surface area contributed by atoms with E-state index < -0.39 is 17.4 Å². The van der Waals surface area contributed by atoms with Crippen LogP contribution in [-0.4, -0.2) is 72.1 Å². The Morgan fingerprint density at radius 2 is 1.63 bits per heavy atom. The highest BCUT2D eigenvalue weighted by molar-refractivity contribution is 6.38. The summed E-state index contributed by atoms with van der Waals surface area (Å²) in [5.74, 6) is -0.492. The maximum atomic E-state index is 13.3. The number of piperazine rings is 1. The molecule has 2 amide bonds. The van der Waals surface area contributed by atoms with Crippen LogP contribution in [0, 0.1) is 5.41 Å². The molecule has 0 N–H and O–H groups in total. The molecule has 1 aromatic rings. The summed E-state index contributed by atoms with van der Waals surface area (Å²) in [7, 11) is 0. The van der Waals surface area contributed by atoms with E-state index in [2.05, 4.69) is 5.10 Å². The van der Waals surface area contributed by atoms with Gasteiger partial charge in [0, 0.05) is 38.0 Å². The van der Waals surface area contributed by atoms with Crippen LogP contribution in [0.15, 0.2) is 35.4 Å². The standard InChI is InChI=1S/C22H30N4O4/c1-5-30-20(28)17-15-18(26(23-17)16-9-7-6-8-10-16)19(27)24-11-13-25(14-12-24)21(29)22(2,3)4/h6-10,18H,5,11-15H2,1-4H3. The van der Waals surface area contributed by atoms with Crippen molar-refractivity contribution in [3.8, 4) is 0 Å². The number of hydrogen-bond acceptors (Lipinski definition) is 6. The molecule has 0 radical (unpaired) electrons. The van der Waals surface area contributed by atoms with Crippen molar-refractivity contribution in [3.05, 3.63) is 30.3 Å². The smallest absolute Gasteiger partial charge is 0.354 e. The van der Waals surface area contributed by atoms with Crippen LogP contribution in [0.1, 0.15) is 34.1 Å². The van der Waals surface area contributed by atoms with Crippen LogP contribution < -0.4 is 5.01 Å². The lowest BCUT2D eigenvalue weighted by molar-refractivity contribution is -0.145. The number of rotatable bonds is 4. The molecule has 1 aromatic carbocycles. The summed E-state index contributed by atoms with van der Waals surface area (Å²) < 4.78 is 5.09. The molecule has 162 valence electrons. The van der Waals surface area contributed by atoms with Gasteiger partial charge in [-0.2, -0.15) is 5.10 Å². The van der Waals surface area contributed by atoms with Gasteiger partial charge in [0.05, 0.1) is 12.3 Å². The Kier molecular flexibility index (Phi) is 6.43. The minimum Gasteiger partial charge on any atom is -0.461 e. The summed E-state index contributed by atoms with van der Waals surface area (Å²) in [5, 5.41) is 6.03. The van der Waals surface area contributed by atoms with Crippen LogP contribution in [-0.2, 0) is 19.1 Å². The minimum absolute atomic E-state index is 0.0920. The molecule has 8 nitrogen and oxygen atoms in total. The fraction of sp³-hybridized carbons (Fsp3) is 0.545. The van der Waals surface area contributed by atoms with Gasteiger partial charge in [0.15, 0.2) is 0 Å². The summed E-state index contributed by atoms with van der Waals surface area (Å²) in [6.07, 6.45) is 0.202. The molecule has 0 bridgehead atoms. The van der Waals surface area contributed by atoms with E-state index >= 15 is 0 Å². The van der Waals surface area contributed by atoms with Crippen molar-refractivity contribution >= 4 is 29.2 Å². The first-order chi connectivity index (χ1) is 14.2. The van der Waals surface area contributed by atoms with Gasteiger partial charge in [-0.3, -0.25) is 14.6 Å². The predicted molar refractivity (Wildman–Crippen MR) is 114 cm³/mol. The molecule has 0 saturated carbocycles. The van der Waals surface area contributed by atoms with Crippen molar-refractivity contribution in [2.45, 2.75) is 40.2 Å². The van der Waals surface area contributed by atoms with Gasteiger partial charge in [-0.25, -0.2) is 4.79 Å². The average molecular weight is 415 g/mol. The zero-order valence-corrected chi connectivity index (χ0v) is 18.1. The molecule has 0 aliphatic carbocycles. The number of amides is 2. The molecule has 1 unspecified atom stereocenters. The van der Waals surface area contributed by atoms with Crippen LogP contribution in [0.2, 0.25) is 0 Å². The molecule has 2 heterocycles. The third-order valence-electron chi connectivity index (χ3n) is 5.25. The zero-order valence-electron chi connectivity index (χ0n) is 18.1. The second-order valence-electron chi connectivity index (χ2n) is 8.53. The Balaban J connectivity index is 1.73. The SMILES string of the molecule is CCOC(=O)C1=NN(c2ccccc2)C(C(=O)N2CCN(C(=O)C(C)(C)C)CC2)C1. The number of nitrogens with zero attached hydrogens (tertiary/aromatic N) is 4. The second-order valence-corrected chi connectivity index (χ2v) is 8.53. The highest BCUT2D eigenvalue weighted by atomic mass is 16.5. The third-order valence-corrected chi connectivity index (χ3v) is 5.25. The van der Waals surface area contributed by atoms with Gasteiger partial charge >= 0.3 is 5.97 Å². The number of hydrogen-bond donors (Lipinski definition) is 0. The van der Waals surface area contributed by atoms with E-state index in [0.29, 0.717) is 26.2 Å². The second kappa shape index (κ2) is 8.85. The maximum absolute atomic E-state index is 13.3. The van der Waals surface area contributed by atoms with E-state index in [0.717, 1.165) is 5.69 Å². The number of para-hydroxylation sites is 1. The van der Waals surface area contributed by atoms with Gasteiger partial charge in [0.25, 0.3) is 0 Å². The summed E-state index contributed by atoms with van der Waals surface area (Å²) >= 11 is 0. The summed E-state index contributed by atoms with van der Waals surface area (Å²) in [6, 6.07) is 8.74. The minimum atomic E-state index is -0.600. The Hall–Kier alpha value is -2.90. The van der Waals surface area contributed by atoms with Crippen LogP contribution >= 0.6 is 0 Å². The van der Waals surface area contributed by atoms with Gasteiger partial charge in [0.1, 0.15) is 11.8 Å². The number of anilines is 1. The average Bonchev–Trinajstić information content (AvgIpc) is 3.18. The third kappa shape index (κ3) is 4.63. The van der Waals surface area contributed by atoms with Crippen molar-refractivity contribution in [3.63, 3.8) is 0 Å². The van der Waals surface area contributed by atoms with Gasteiger partial charge in [0.2, 0.25) is 11.8 Å². The summed E-state index contributed by atoms with van der Waals surface area (Å²) in [4.78, 5) is 41.7. The normalized spacial score (nSPS) is 19.5. The lowest BCUT2D eigenvalue weighted by Crippen LogP contribution is -2.56. The maximum Gasteiger partial charge on any atom is 0.354 e. The number of hydrazone groups is 1. The molecular formula is C22H30N4O4. The predicted octanol–water partition coefficient (Wildman–Crippen LogP) is 1.90. The van der Waals surface area contributed by atoms with E-state index in [-0.39, 0.29) is 30.6 Å². The molecule has 0 aromatic heterocycles. The van der Waals surface area contributed by atoms with Crippen molar-refractivity contribution in [2.75, 3.05) is 37.8 Å². The number of carbonyl (C=O) groups excluding carboxylic acids is 3. The number of ether oxygens (including phenoxy) is 1. The monoisotopic (exact) mass is 414 g/mol. The summed E-state index contributed by atoms with van der Waals surface area (Å²) in [6.45, 7) is 9.64. The molecule has 1 saturated heterocycles. The number of benzene rings is 1. The first-order valence-electron chi connectivity index (χ1n) is 10.4. The Morgan fingerprint density at radius 1 is 1.03 bits per heavy atom. The Labute approximate surface area is 177 Å². The largest absolute Gasteiger partial charge is 0.461 e. The molecule has 2 aliphatic heterocycles. The van der Waals surface area contributed by atoms with Crippen LogP contribution in [0.25, 0.3) is 0 Å². The van der Waals surface area contributed by atoms with Crippen molar-refractivity contribution in [2.24, 2.45) is 10.5 Å². The lowest BCUT2D eigenvalue weighted by Gasteiger charge is -2.39. The summed E-state index contributed by atoms with van der Waals surface area (Å²) in [5.41, 5.74) is 0.557. The molecule has 8 heteroatoms. The highest BCUT2D eigenvalue weighted by Crippen LogP contribution is 2.27. The first kappa shape index (κ1) is 21.8. The van der Waals surface area contributed by atoms with Gasteiger partial charge < -0.3 is 14.5 Å². The fourth-order valence-electron chi connectivity index (χ4n) is 3.67. The number of carbonyl (C=O) groups is 3. The fourth-order valence-corrected chi connectivity index (χ4v) is 3.67. The van der Waals surface area contributed by atoms with E-state index in [1.807, 2.05) is 56.0 Å². The molecule has 30 heavy (non-hydrogen) atoms. The van der Waals surface area contributed by atoms with Gasteiger partial charge in [-0.15, -0.1) is 0 Å². The van der Waals surface area contributed by atoms with Crippen molar-refractivity contribution in [1.82, 2.24) is 9.80 Å².